The Morgan fingerprint density at radius 1 is 1.12 bits per heavy atom. The number of hydrogen-bond donors (Lipinski definition) is 1. The highest BCUT2D eigenvalue weighted by molar-refractivity contribution is 6.30. The van der Waals surface area contributed by atoms with Gasteiger partial charge in [0.2, 0.25) is 0 Å². The van der Waals surface area contributed by atoms with E-state index in [0.29, 0.717) is 0 Å². The number of halogens is 8. The summed E-state index contributed by atoms with van der Waals surface area (Å²) in [7, 11) is 0. The summed E-state index contributed by atoms with van der Waals surface area (Å²) in [6.07, 6.45) is -5.57. The van der Waals surface area contributed by atoms with Gasteiger partial charge in [-0.25, -0.2) is 4.99 Å². The van der Waals surface area contributed by atoms with Crippen LogP contribution in [0.1, 0.15) is 6.92 Å². The van der Waals surface area contributed by atoms with Crippen LogP contribution >= 0.6 is 11.6 Å². The summed E-state index contributed by atoms with van der Waals surface area (Å²) >= 11 is 5.06. The molecular formula is C7H6ClF7N2. The van der Waals surface area contributed by atoms with E-state index in [1.807, 2.05) is 0 Å². The molecule has 0 aromatic carbocycles. The number of hydrogen-bond acceptors (Lipinski definition) is 1. The molecule has 17 heavy (non-hydrogen) atoms. The molecule has 0 saturated heterocycles. The van der Waals surface area contributed by atoms with Crippen molar-refractivity contribution in [2.45, 2.75) is 24.9 Å². The van der Waals surface area contributed by atoms with Gasteiger partial charge in [0.15, 0.2) is 5.84 Å². The molecule has 0 amide bonds. The lowest BCUT2D eigenvalue weighted by atomic mass is 10.1. The number of aliphatic imine (C=N–C) groups is 1. The molecule has 100 valence electrons. The first-order chi connectivity index (χ1) is 7.38. The maximum atomic E-state index is 12.8. The summed E-state index contributed by atoms with van der Waals surface area (Å²) in [6.45, 7) is 1.19. The van der Waals surface area contributed by atoms with E-state index in [4.69, 9.17) is 11.6 Å². The second-order valence-electron chi connectivity index (χ2n) is 2.75. The Hall–Kier alpha value is -0.990. The molecule has 0 aliphatic heterocycles. The van der Waals surface area contributed by atoms with Gasteiger partial charge in [-0.1, -0.05) is 17.7 Å². The van der Waals surface area contributed by atoms with Gasteiger partial charge in [-0.05, 0) is 6.92 Å². The van der Waals surface area contributed by atoms with Crippen molar-refractivity contribution in [3.8, 4) is 0 Å². The summed E-state index contributed by atoms with van der Waals surface area (Å²) in [5.74, 6) is -14.2. The van der Waals surface area contributed by atoms with Crippen molar-refractivity contribution in [1.29, 1.82) is 0 Å². The number of alkyl halides is 7. The van der Waals surface area contributed by atoms with Crippen LogP contribution in [0, 0.1) is 0 Å². The number of nitrogens with zero attached hydrogens (tertiary/aromatic N) is 1. The minimum absolute atomic E-state index is 0.736. The maximum absolute atomic E-state index is 12.8. The van der Waals surface area contributed by atoms with Gasteiger partial charge in [-0.15, -0.1) is 0 Å². The Balaban J connectivity index is 5.50. The van der Waals surface area contributed by atoms with E-state index in [2.05, 4.69) is 10.7 Å². The van der Waals surface area contributed by atoms with Crippen LogP contribution in [-0.2, 0) is 0 Å². The molecule has 2 N–H and O–H groups in total. The Kier molecular flexibility index (Phi) is 4.44. The molecule has 0 unspecified atom stereocenters. The Labute approximate surface area is 95.9 Å². The predicted molar refractivity (Wildman–Crippen MR) is 47.2 cm³/mol. The summed E-state index contributed by atoms with van der Waals surface area (Å²) in [5.41, 5.74) is 4.41. The molecule has 0 saturated carbocycles. The first-order valence-electron chi connectivity index (χ1n) is 3.86. The lowest BCUT2D eigenvalue weighted by Crippen LogP contribution is -2.58. The quantitative estimate of drug-likeness (QED) is 0.368. The minimum atomic E-state index is -6.46. The smallest absolute Gasteiger partial charge is 0.382 e. The van der Waals surface area contributed by atoms with Crippen LogP contribution in [0.25, 0.3) is 0 Å². The molecule has 2 nitrogen and oxygen atoms in total. The third kappa shape index (κ3) is 3.02. The predicted octanol–water partition coefficient (Wildman–Crippen LogP) is 3.28. The van der Waals surface area contributed by atoms with E-state index in [1.165, 1.54) is 6.92 Å². The average molecular weight is 287 g/mol. The SMILES string of the molecule is C/C=C(Cl)/N=C(/N)C(F)(F)C(F)(F)C(F)(F)F. The largest absolute Gasteiger partial charge is 0.460 e. The van der Waals surface area contributed by atoms with Crippen molar-refractivity contribution in [2.75, 3.05) is 0 Å². The summed E-state index contributed by atoms with van der Waals surface area (Å²) in [5, 5.41) is -0.736. The molecule has 0 spiro atoms. The molecule has 10 heteroatoms. The van der Waals surface area contributed by atoms with Crippen LogP contribution in [0.15, 0.2) is 16.2 Å². The van der Waals surface area contributed by atoms with Gasteiger partial charge >= 0.3 is 18.0 Å². The highest BCUT2D eigenvalue weighted by Crippen LogP contribution is 2.46. The summed E-state index contributed by atoms with van der Waals surface area (Å²) < 4.78 is 85.5. The molecule has 0 aliphatic carbocycles. The number of allylic oxidation sites excluding steroid dienone is 1. The third-order valence-electron chi connectivity index (χ3n) is 1.54. The Morgan fingerprint density at radius 2 is 1.53 bits per heavy atom. The van der Waals surface area contributed by atoms with Gasteiger partial charge in [-0.2, -0.15) is 30.7 Å². The van der Waals surface area contributed by atoms with Gasteiger partial charge in [0.1, 0.15) is 5.16 Å². The highest BCUT2D eigenvalue weighted by Gasteiger charge is 2.74. The lowest BCUT2D eigenvalue weighted by Gasteiger charge is -2.27. The second-order valence-corrected chi connectivity index (χ2v) is 3.14. The maximum Gasteiger partial charge on any atom is 0.460 e. The molecule has 0 fully saturated rings. The monoisotopic (exact) mass is 286 g/mol. The van der Waals surface area contributed by atoms with Crippen LogP contribution in [0.5, 0.6) is 0 Å². The van der Waals surface area contributed by atoms with Gasteiger partial charge in [-0.3, -0.25) is 0 Å². The molecule has 0 rings (SSSR count). The van der Waals surface area contributed by atoms with Crippen molar-refractivity contribution in [3.05, 3.63) is 11.2 Å². The number of amidine groups is 1. The molecule has 0 heterocycles. The van der Waals surface area contributed by atoms with Gasteiger partial charge in [0.05, 0.1) is 0 Å². The van der Waals surface area contributed by atoms with E-state index in [1.54, 1.807) is 0 Å². The molecule has 0 aliphatic rings. The Morgan fingerprint density at radius 3 is 1.82 bits per heavy atom. The van der Waals surface area contributed by atoms with E-state index in [0.717, 1.165) is 6.08 Å². The van der Waals surface area contributed by atoms with Crippen molar-refractivity contribution in [1.82, 2.24) is 0 Å². The molecular weight excluding hydrogens is 281 g/mol. The van der Waals surface area contributed by atoms with E-state index < -0.39 is 29.0 Å². The molecule has 0 aromatic heterocycles. The van der Waals surface area contributed by atoms with E-state index >= 15 is 0 Å². The average Bonchev–Trinajstić information content (AvgIpc) is 2.15. The highest BCUT2D eigenvalue weighted by atomic mass is 35.5. The van der Waals surface area contributed by atoms with Crippen LogP contribution in [0.4, 0.5) is 30.7 Å². The number of rotatable bonds is 3. The fourth-order valence-corrected chi connectivity index (χ4v) is 0.680. The van der Waals surface area contributed by atoms with Crippen molar-refractivity contribution < 1.29 is 30.7 Å². The fourth-order valence-electron chi connectivity index (χ4n) is 0.589. The van der Waals surface area contributed by atoms with Crippen LogP contribution in [0.2, 0.25) is 0 Å². The van der Waals surface area contributed by atoms with E-state index in [-0.39, 0.29) is 0 Å². The normalized spacial score (nSPS) is 16.3. The standard InChI is InChI=1S/C7H6ClF7N2/c1-2-3(8)17-4(16)5(9,10)6(11,12)7(13,14)15/h2H,1H3,(H2,16,17)/b3-2+. The zero-order valence-corrected chi connectivity index (χ0v) is 8.88. The van der Waals surface area contributed by atoms with Crippen LogP contribution in [0.3, 0.4) is 0 Å². The van der Waals surface area contributed by atoms with Gasteiger partial charge < -0.3 is 5.73 Å². The second kappa shape index (κ2) is 4.71. The zero-order chi connectivity index (χ0) is 14.1. The van der Waals surface area contributed by atoms with Gasteiger partial charge in [0.25, 0.3) is 0 Å². The van der Waals surface area contributed by atoms with Crippen molar-refractivity contribution >= 4 is 17.4 Å². The first-order valence-corrected chi connectivity index (χ1v) is 4.24. The van der Waals surface area contributed by atoms with Crippen molar-refractivity contribution in [2.24, 2.45) is 10.7 Å². The lowest BCUT2D eigenvalue weighted by molar-refractivity contribution is -0.336. The molecule has 0 radical (unpaired) electrons. The fraction of sp³-hybridized carbons (Fsp3) is 0.571. The Bertz CT molecular complexity index is 345. The minimum Gasteiger partial charge on any atom is -0.382 e. The van der Waals surface area contributed by atoms with Crippen molar-refractivity contribution in [3.63, 3.8) is 0 Å². The zero-order valence-electron chi connectivity index (χ0n) is 8.13. The molecule has 0 atom stereocenters. The third-order valence-corrected chi connectivity index (χ3v) is 1.84. The van der Waals surface area contributed by atoms with Gasteiger partial charge in [0, 0.05) is 0 Å². The van der Waals surface area contributed by atoms with E-state index in [9.17, 15) is 30.7 Å². The number of nitrogens with two attached hydrogens (primary N) is 1. The van der Waals surface area contributed by atoms with Crippen LogP contribution in [-0.4, -0.2) is 23.9 Å². The molecule has 0 aromatic rings. The summed E-state index contributed by atoms with van der Waals surface area (Å²) in [4.78, 5) is 2.54. The summed E-state index contributed by atoms with van der Waals surface area (Å²) in [6, 6.07) is 0. The topological polar surface area (TPSA) is 38.4 Å². The first kappa shape index (κ1) is 16.0. The molecule has 0 bridgehead atoms. The van der Waals surface area contributed by atoms with Crippen LogP contribution < -0.4 is 5.73 Å².